The summed E-state index contributed by atoms with van der Waals surface area (Å²) >= 11 is 0. The van der Waals surface area contributed by atoms with Crippen molar-refractivity contribution in [3.8, 4) is 0 Å². The van der Waals surface area contributed by atoms with Crippen molar-refractivity contribution in [3.63, 3.8) is 0 Å². The topological polar surface area (TPSA) is 37.1 Å². The van der Waals surface area contributed by atoms with E-state index in [-0.39, 0.29) is 21.1 Å². The number of rotatable bonds is 9. The third kappa shape index (κ3) is 6.15. The number of nitrogens with zero attached hydrogens (tertiary/aromatic N) is 3. The molecule has 3 nitrogen and oxygen atoms in total. The zero-order chi connectivity index (χ0) is 36.2. The average Bonchev–Trinajstić information content (AvgIpc) is 2.83. The summed E-state index contributed by atoms with van der Waals surface area (Å²) in [6.07, 6.45) is -21.7. The van der Waals surface area contributed by atoms with E-state index < -0.39 is 106 Å². The Bertz CT molecular complexity index is 1340. The van der Waals surface area contributed by atoms with Gasteiger partial charge in [-0.05, 0) is 6.07 Å². The number of hydrogen-bond donors (Lipinski definition) is 0. The summed E-state index contributed by atoms with van der Waals surface area (Å²) in [6, 6.07) is -1.80. The van der Waals surface area contributed by atoms with Crippen molar-refractivity contribution in [1.82, 2.24) is 0 Å². The molecular formula is C21H12F21N3. The minimum atomic E-state index is -7.33. The van der Waals surface area contributed by atoms with Crippen molar-refractivity contribution >= 4 is 17.1 Å². The van der Waals surface area contributed by atoms with Gasteiger partial charge in [-0.3, -0.25) is 15.0 Å². The van der Waals surface area contributed by atoms with Gasteiger partial charge in [0.15, 0.2) is 0 Å². The molecule has 1 aromatic rings. The van der Waals surface area contributed by atoms with E-state index in [9.17, 15) is 92.2 Å². The highest BCUT2D eigenvalue weighted by atomic mass is 19.4. The van der Waals surface area contributed by atoms with E-state index in [4.69, 9.17) is 0 Å². The Kier molecular flexibility index (Phi) is 10.2. The molecule has 258 valence electrons. The van der Waals surface area contributed by atoms with Gasteiger partial charge < -0.3 is 0 Å². The summed E-state index contributed by atoms with van der Waals surface area (Å²) in [5.41, 5.74) is -16.2. The fraction of sp³-hybridized carbons (Fsp3) is 0.571. The van der Waals surface area contributed by atoms with Crippen LogP contribution in [-0.4, -0.2) is 92.3 Å². The van der Waals surface area contributed by atoms with Crippen LogP contribution in [0.4, 0.5) is 92.2 Å². The van der Waals surface area contributed by atoms with Crippen molar-refractivity contribution in [2.24, 2.45) is 15.0 Å². The lowest BCUT2D eigenvalue weighted by atomic mass is 9.86. The molecule has 0 aromatic heterocycles. The molecule has 0 aliphatic heterocycles. The van der Waals surface area contributed by atoms with Crippen LogP contribution in [-0.2, 0) is 0 Å². The Labute approximate surface area is 235 Å². The maximum atomic E-state index is 14.7. The first-order chi connectivity index (χ1) is 19.7. The van der Waals surface area contributed by atoms with Gasteiger partial charge in [0.25, 0.3) is 0 Å². The molecule has 1 rings (SSSR count). The van der Waals surface area contributed by atoms with E-state index in [0.29, 0.717) is 0 Å². The van der Waals surface area contributed by atoms with Gasteiger partial charge in [-0.2, -0.15) is 92.2 Å². The zero-order valence-corrected chi connectivity index (χ0v) is 21.5. The summed E-state index contributed by atoms with van der Waals surface area (Å²) < 4.78 is 285. The molecule has 0 heterocycles. The fourth-order valence-corrected chi connectivity index (χ4v) is 3.38. The lowest BCUT2D eigenvalue weighted by Crippen LogP contribution is -2.58. The monoisotopic (exact) mass is 705 g/mol. The van der Waals surface area contributed by atoms with E-state index in [1.54, 1.807) is 0 Å². The molecule has 0 unspecified atom stereocenters. The Balaban J connectivity index is 4.44. The summed E-state index contributed by atoms with van der Waals surface area (Å²) in [6.45, 7) is 0. The summed E-state index contributed by atoms with van der Waals surface area (Å²) in [5.74, 6) is -41.9. The smallest absolute Gasteiger partial charge is 0.286 e. The zero-order valence-electron chi connectivity index (χ0n) is 21.5. The van der Waals surface area contributed by atoms with Crippen LogP contribution < -0.4 is 0 Å². The minimum absolute atomic E-state index is 0.0154. The summed E-state index contributed by atoms with van der Waals surface area (Å²) in [4.78, 5) is 6.99. The van der Waals surface area contributed by atoms with Crippen LogP contribution in [0.3, 0.4) is 0 Å². The number of hydrogen-bond acceptors (Lipinski definition) is 3. The first kappa shape index (κ1) is 39.8. The molecule has 0 radical (unpaired) electrons. The van der Waals surface area contributed by atoms with Gasteiger partial charge >= 0.3 is 54.1 Å². The second kappa shape index (κ2) is 11.5. The first-order valence-corrected chi connectivity index (χ1v) is 10.7. The molecule has 24 heteroatoms. The third-order valence-electron chi connectivity index (χ3n) is 5.62. The van der Waals surface area contributed by atoms with Crippen molar-refractivity contribution in [3.05, 3.63) is 34.9 Å². The standard InChI is InChI=1S/C21H12F21N3/c1-43-10(13(22,23)16(28,29)19(34,35)36)7-4-5-8(11(44-2)14(24,25)17(30,31)20(37,38)39)9(6-7)12(45-3)15(26,27)18(32,33)21(40,41)42/h4-6H,1-3H3. The third-order valence-corrected chi connectivity index (χ3v) is 5.62. The van der Waals surface area contributed by atoms with Gasteiger partial charge in [-0.25, -0.2) is 0 Å². The quantitative estimate of drug-likeness (QED) is 0.183. The predicted molar refractivity (Wildman–Crippen MR) is 112 cm³/mol. The molecular weight excluding hydrogens is 693 g/mol. The molecule has 0 aliphatic carbocycles. The van der Waals surface area contributed by atoms with Crippen LogP contribution in [0.2, 0.25) is 0 Å². The molecule has 0 amide bonds. The number of halogens is 21. The van der Waals surface area contributed by atoms with Crippen LogP contribution in [0.1, 0.15) is 16.7 Å². The molecule has 1 aromatic carbocycles. The van der Waals surface area contributed by atoms with Gasteiger partial charge in [-0.1, -0.05) is 12.1 Å². The normalized spacial score (nSPS) is 16.4. The van der Waals surface area contributed by atoms with E-state index in [2.05, 4.69) is 15.0 Å². The van der Waals surface area contributed by atoms with Crippen molar-refractivity contribution in [1.29, 1.82) is 0 Å². The van der Waals surface area contributed by atoms with Crippen molar-refractivity contribution in [2.75, 3.05) is 21.1 Å². The van der Waals surface area contributed by atoms with Gasteiger partial charge in [0.05, 0.1) is 0 Å². The minimum Gasteiger partial charge on any atom is -0.286 e. The van der Waals surface area contributed by atoms with E-state index in [1.807, 2.05) is 0 Å². The maximum Gasteiger partial charge on any atom is 0.460 e. The predicted octanol–water partition coefficient (Wildman–Crippen LogP) is 8.44. The Morgan fingerprint density at radius 2 is 0.667 bits per heavy atom. The molecule has 0 fully saturated rings. The summed E-state index contributed by atoms with van der Waals surface area (Å²) in [5, 5.41) is 0. The SMILES string of the molecule is CN=C(c1ccc(C(=NC)C(F)(F)C(F)(F)C(F)(F)F)c(C(=NC)C(F)(F)C(F)(F)C(F)(F)F)c1)C(F)(F)C(F)(F)C(F)(F)F. The Hall–Kier alpha value is -3.24. The lowest BCUT2D eigenvalue weighted by molar-refractivity contribution is -0.336. The number of alkyl halides is 21. The largest absolute Gasteiger partial charge is 0.460 e. The van der Waals surface area contributed by atoms with Crippen LogP contribution in [0, 0.1) is 0 Å². The highest BCUT2D eigenvalue weighted by Crippen LogP contribution is 2.52. The Morgan fingerprint density at radius 1 is 0.400 bits per heavy atom. The highest BCUT2D eigenvalue weighted by Gasteiger charge is 2.77. The van der Waals surface area contributed by atoms with Gasteiger partial charge in [0, 0.05) is 37.8 Å². The molecule has 0 spiro atoms. The van der Waals surface area contributed by atoms with E-state index >= 15 is 0 Å². The van der Waals surface area contributed by atoms with Gasteiger partial charge in [0.2, 0.25) is 0 Å². The van der Waals surface area contributed by atoms with E-state index in [1.165, 1.54) is 0 Å². The molecule has 0 aliphatic rings. The van der Waals surface area contributed by atoms with Crippen LogP contribution in [0.25, 0.3) is 0 Å². The highest BCUT2D eigenvalue weighted by molar-refractivity contribution is 6.19. The van der Waals surface area contributed by atoms with Crippen LogP contribution >= 0.6 is 0 Å². The molecule has 0 atom stereocenters. The Morgan fingerprint density at radius 3 is 0.933 bits per heavy atom. The molecule has 0 saturated heterocycles. The summed E-state index contributed by atoms with van der Waals surface area (Å²) in [7, 11) is -0.199. The maximum absolute atomic E-state index is 14.7. The molecule has 0 N–H and O–H groups in total. The van der Waals surface area contributed by atoms with Gasteiger partial charge in [0.1, 0.15) is 17.1 Å². The second-order valence-corrected chi connectivity index (χ2v) is 8.42. The van der Waals surface area contributed by atoms with Crippen LogP contribution in [0.5, 0.6) is 0 Å². The molecule has 0 saturated carbocycles. The van der Waals surface area contributed by atoms with Crippen molar-refractivity contribution in [2.45, 2.75) is 54.1 Å². The van der Waals surface area contributed by atoms with Crippen LogP contribution in [0.15, 0.2) is 33.2 Å². The van der Waals surface area contributed by atoms with Gasteiger partial charge in [-0.15, -0.1) is 0 Å². The average molecular weight is 705 g/mol. The second-order valence-electron chi connectivity index (χ2n) is 8.42. The lowest BCUT2D eigenvalue weighted by Gasteiger charge is -2.33. The number of aliphatic imine (C=N–C) groups is 3. The van der Waals surface area contributed by atoms with E-state index in [0.717, 1.165) is 0 Å². The molecule has 45 heavy (non-hydrogen) atoms. The first-order valence-electron chi connectivity index (χ1n) is 10.7. The van der Waals surface area contributed by atoms with Crippen molar-refractivity contribution < 1.29 is 92.2 Å². The number of benzene rings is 1. The molecule has 0 bridgehead atoms. The fourth-order valence-electron chi connectivity index (χ4n) is 3.38.